The first-order valence-corrected chi connectivity index (χ1v) is 8.92. The lowest BCUT2D eigenvalue weighted by Crippen LogP contribution is -2.47. The molecule has 0 aromatic heterocycles. The predicted molar refractivity (Wildman–Crippen MR) is 90.9 cm³/mol. The molecule has 0 bridgehead atoms. The number of aliphatic hydroxyl groups excluding tert-OH is 2. The summed E-state index contributed by atoms with van der Waals surface area (Å²) >= 11 is 0. The Balaban J connectivity index is 1.72. The monoisotopic (exact) mass is 344 g/mol. The van der Waals surface area contributed by atoms with Gasteiger partial charge in [-0.1, -0.05) is 13.0 Å². The van der Waals surface area contributed by atoms with Crippen LogP contribution in [-0.2, 0) is 16.0 Å². The van der Waals surface area contributed by atoms with Gasteiger partial charge in [0.1, 0.15) is 11.5 Å². The van der Waals surface area contributed by atoms with Gasteiger partial charge in [-0.25, -0.2) is 0 Å². The SMILES string of the molecule is CC(=O)OC1=C(O)CC2C3C(CC[C@]12C)c1ccc(O)cc1C[C@@H]3O. The lowest BCUT2D eigenvalue weighted by Gasteiger charge is -2.51. The molecule has 5 atom stereocenters. The normalized spacial score (nSPS) is 36.4. The third-order valence-electron chi connectivity index (χ3n) is 6.56. The van der Waals surface area contributed by atoms with Gasteiger partial charge in [0.05, 0.1) is 6.10 Å². The van der Waals surface area contributed by atoms with E-state index in [9.17, 15) is 20.1 Å². The van der Waals surface area contributed by atoms with Crippen LogP contribution >= 0.6 is 0 Å². The van der Waals surface area contributed by atoms with E-state index in [1.165, 1.54) is 12.5 Å². The first kappa shape index (κ1) is 16.5. The van der Waals surface area contributed by atoms with E-state index < -0.39 is 17.5 Å². The number of carbonyl (C=O) groups is 1. The highest BCUT2D eigenvalue weighted by atomic mass is 16.5. The van der Waals surface area contributed by atoms with Crippen LogP contribution in [0.15, 0.2) is 29.7 Å². The minimum absolute atomic E-state index is 0.00556. The molecule has 4 rings (SSSR count). The lowest BCUT2D eigenvalue weighted by molar-refractivity contribution is -0.140. The molecule has 3 N–H and O–H groups in total. The minimum atomic E-state index is -0.534. The number of allylic oxidation sites excluding steroid dienone is 2. The van der Waals surface area contributed by atoms with Crippen molar-refractivity contribution >= 4 is 5.97 Å². The third-order valence-corrected chi connectivity index (χ3v) is 6.56. The average Bonchev–Trinajstić information content (AvgIpc) is 2.78. The average molecular weight is 344 g/mol. The van der Waals surface area contributed by atoms with Crippen molar-refractivity contribution in [1.82, 2.24) is 0 Å². The van der Waals surface area contributed by atoms with Crippen molar-refractivity contribution in [3.63, 3.8) is 0 Å². The van der Waals surface area contributed by atoms with Gasteiger partial charge in [-0.2, -0.15) is 0 Å². The highest BCUT2D eigenvalue weighted by molar-refractivity contribution is 5.67. The van der Waals surface area contributed by atoms with Crippen molar-refractivity contribution in [2.24, 2.45) is 17.3 Å². The van der Waals surface area contributed by atoms with Gasteiger partial charge in [0.2, 0.25) is 0 Å². The molecule has 1 saturated carbocycles. The topological polar surface area (TPSA) is 87.0 Å². The van der Waals surface area contributed by atoms with Gasteiger partial charge < -0.3 is 20.1 Å². The Labute approximate surface area is 146 Å². The number of phenols is 1. The molecule has 0 amide bonds. The molecular weight excluding hydrogens is 320 g/mol. The van der Waals surface area contributed by atoms with Gasteiger partial charge in [-0.15, -0.1) is 0 Å². The maximum Gasteiger partial charge on any atom is 0.307 e. The van der Waals surface area contributed by atoms with Gasteiger partial charge in [-0.05, 0) is 60.3 Å². The second-order valence-electron chi connectivity index (χ2n) is 7.97. The number of ether oxygens (including phenoxy) is 1. The number of hydrogen-bond donors (Lipinski definition) is 3. The standard InChI is InChI=1S/C20H24O5/c1-10(21)25-19-17(24)9-15-18-14(5-6-20(15,19)2)13-4-3-12(22)7-11(13)8-16(18)23/h3-4,7,14-16,18,22-24H,5-6,8-9H2,1-2H3/t14?,15?,16-,18?,20-/m0/s1. The molecule has 3 aliphatic rings. The third kappa shape index (κ3) is 2.36. The van der Waals surface area contributed by atoms with Crippen LogP contribution in [0.4, 0.5) is 0 Å². The first-order chi connectivity index (χ1) is 11.8. The van der Waals surface area contributed by atoms with Gasteiger partial charge in [0.15, 0.2) is 5.76 Å². The summed E-state index contributed by atoms with van der Waals surface area (Å²) in [5.41, 5.74) is 1.77. The van der Waals surface area contributed by atoms with Crippen LogP contribution < -0.4 is 0 Å². The summed E-state index contributed by atoms with van der Waals surface area (Å²) in [6.07, 6.45) is 2.04. The second-order valence-corrected chi connectivity index (χ2v) is 7.97. The zero-order valence-corrected chi connectivity index (χ0v) is 14.5. The molecule has 0 saturated heterocycles. The number of carbonyl (C=O) groups excluding carboxylic acids is 1. The quantitative estimate of drug-likeness (QED) is 0.681. The highest BCUT2D eigenvalue weighted by Gasteiger charge is 2.57. The molecule has 0 radical (unpaired) electrons. The summed E-state index contributed by atoms with van der Waals surface area (Å²) in [6.45, 7) is 3.38. The van der Waals surface area contributed by atoms with Crippen molar-refractivity contribution in [3.05, 3.63) is 40.8 Å². The van der Waals surface area contributed by atoms with E-state index in [0.717, 1.165) is 18.4 Å². The molecule has 5 nitrogen and oxygen atoms in total. The molecule has 134 valence electrons. The maximum absolute atomic E-state index is 11.5. The van der Waals surface area contributed by atoms with Crippen molar-refractivity contribution in [3.8, 4) is 5.75 Å². The Bertz CT molecular complexity index is 767. The summed E-state index contributed by atoms with van der Waals surface area (Å²) in [6, 6.07) is 5.42. The molecular formula is C20H24O5. The largest absolute Gasteiger partial charge is 0.509 e. The van der Waals surface area contributed by atoms with Crippen molar-refractivity contribution in [2.75, 3.05) is 0 Å². The van der Waals surface area contributed by atoms with Crippen LogP contribution in [0.1, 0.15) is 50.2 Å². The number of esters is 1. The molecule has 1 aromatic carbocycles. The minimum Gasteiger partial charge on any atom is -0.509 e. The van der Waals surface area contributed by atoms with E-state index in [-0.39, 0.29) is 29.3 Å². The number of aromatic hydroxyl groups is 1. The fraction of sp³-hybridized carbons (Fsp3) is 0.550. The Morgan fingerprint density at radius 2 is 2.04 bits per heavy atom. The summed E-state index contributed by atoms with van der Waals surface area (Å²) in [5, 5.41) is 31.0. The molecule has 1 aromatic rings. The van der Waals surface area contributed by atoms with Gasteiger partial charge in [-0.3, -0.25) is 4.79 Å². The maximum atomic E-state index is 11.5. The summed E-state index contributed by atoms with van der Waals surface area (Å²) in [7, 11) is 0. The Hall–Kier alpha value is -2.01. The molecule has 0 aliphatic heterocycles. The molecule has 0 heterocycles. The van der Waals surface area contributed by atoms with E-state index in [1.807, 2.05) is 13.0 Å². The van der Waals surface area contributed by atoms with E-state index in [4.69, 9.17) is 4.74 Å². The second kappa shape index (κ2) is 5.49. The van der Waals surface area contributed by atoms with Crippen LogP contribution in [0, 0.1) is 17.3 Å². The Morgan fingerprint density at radius 1 is 1.28 bits per heavy atom. The molecule has 3 aliphatic carbocycles. The number of rotatable bonds is 1. The number of fused-ring (bicyclic) bond motifs is 5. The van der Waals surface area contributed by atoms with Crippen LogP contribution in [0.3, 0.4) is 0 Å². The Morgan fingerprint density at radius 3 is 2.76 bits per heavy atom. The van der Waals surface area contributed by atoms with E-state index in [2.05, 4.69) is 0 Å². The van der Waals surface area contributed by atoms with Crippen LogP contribution in [0.25, 0.3) is 0 Å². The molecule has 0 spiro atoms. The van der Waals surface area contributed by atoms with E-state index >= 15 is 0 Å². The predicted octanol–water partition coefficient (Wildman–Crippen LogP) is 3.16. The van der Waals surface area contributed by atoms with Crippen molar-refractivity contribution in [2.45, 2.75) is 51.6 Å². The smallest absolute Gasteiger partial charge is 0.307 e. The fourth-order valence-corrected chi connectivity index (χ4v) is 5.52. The first-order valence-electron chi connectivity index (χ1n) is 8.92. The molecule has 1 fully saturated rings. The van der Waals surface area contributed by atoms with Crippen LogP contribution in [-0.4, -0.2) is 27.4 Å². The number of aliphatic hydroxyl groups is 2. The molecule has 3 unspecified atom stereocenters. The summed E-state index contributed by atoms with van der Waals surface area (Å²) in [4.78, 5) is 11.5. The summed E-state index contributed by atoms with van der Waals surface area (Å²) < 4.78 is 5.37. The van der Waals surface area contributed by atoms with Crippen molar-refractivity contribution < 1.29 is 24.9 Å². The molecule has 25 heavy (non-hydrogen) atoms. The van der Waals surface area contributed by atoms with Crippen molar-refractivity contribution in [1.29, 1.82) is 0 Å². The summed E-state index contributed by atoms with van der Waals surface area (Å²) in [5.74, 6) is 0.586. The van der Waals surface area contributed by atoms with Gasteiger partial charge in [0, 0.05) is 18.8 Å². The number of hydrogen-bond acceptors (Lipinski definition) is 5. The van der Waals surface area contributed by atoms with Gasteiger partial charge in [0.25, 0.3) is 0 Å². The zero-order chi connectivity index (χ0) is 17.9. The Kier molecular flexibility index (Phi) is 3.62. The number of phenolic OH excluding ortho intramolecular Hbond substituents is 1. The van der Waals surface area contributed by atoms with Crippen LogP contribution in [0.2, 0.25) is 0 Å². The van der Waals surface area contributed by atoms with Crippen LogP contribution in [0.5, 0.6) is 5.75 Å². The van der Waals surface area contributed by atoms with Gasteiger partial charge >= 0.3 is 5.97 Å². The van der Waals surface area contributed by atoms with E-state index in [0.29, 0.717) is 18.6 Å². The highest BCUT2D eigenvalue weighted by Crippen LogP contribution is 2.62. The lowest BCUT2D eigenvalue weighted by atomic mass is 9.54. The zero-order valence-electron chi connectivity index (χ0n) is 14.5. The fourth-order valence-electron chi connectivity index (χ4n) is 5.52. The number of benzene rings is 1. The van der Waals surface area contributed by atoms with E-state index in [1.54, 1.807) is 12.1 Å². The molecule has 5 heteroatoms.